The molecule has 5 aliphatic carbocycles. The molecule has 9 heteroatoms. The van der Waals surface area contributed by atoms with Gasteiger partial charge in [-0.25, -0.2) is 0 Å². The zero-order valence-corrected chi connectivity index (χ0v) is 18.0. The Hall–Kier alpha value is -2.55. The molecule has 1 aromatic heterocycles. The number of hydrogen-bond acceptors (Lipinski definition) is 7. The summed E-state index contributed by atoms with van der Waals surface area (Å²) >= 11 is 1.47. The summed E-state index contributed by atoms with van der Waals surface area (Å²) in [5.74, 6) is 2.05. The van der Waals surface area contributed by atoms with Crippen molar-refractivity contribution in [2.75, 3.05) is 10.6 Å². The van der Waals surface area contributed by atoms with Crippen molar-refractivity contribution < 1.29 is 9.72 Å². The number of hydrogen-bond donors (Lipinski definition) is 2. The summed E-state index contributed by atoms with van der Waals surface area (Å²) in [6, 6.07) is 4.87. The average molecular weight is 440 g/mol. The SMILES string of the molecule is O=C(Nc1nnc(C23CC4CC(CC(C4)C2)C3)s1)c1ccc(NC2CC2)c([N+](=O)[O-])c1. The van der Waals surface area contributed by atoms with Crippen LogP contribution in [0.25, 0.3) is 0 Å². The lowest BCUT2D eigenvalue weighted by atomic mass is 9.50. The van der Waals surface area contributed by atoms with Gasteiger partial charge in [0.2, 0.25) is 5.13 Å². The lowest BCUT2D eigenvalue weighted by Crippen LogP contribution is -2.48. The van der Waals surface area contributed by atoms with Gasteiger partial charge in [0, 0.05) is 23.1 Å². The number of carbonyl (C=O) groups is 1. The van der Waals surface area contributed by atoms with Crippen molar-refractivity contribution >= 4 is 33.8 Å². The van der Waals surface area contributed by atoms with Crippen LogP contribution in [-0.4, -0.2) is 27.1 Å². The monoisotopic (exact) mass is 439 g/mol. The van der Waals surface area contributed by atoms with Gasteiger partial charge in [-0.3, -0.25) is 20.2 Å². The van der Waals surface area contributed by atoms with Crippen molar-refractivity contribution in [3.8, 4) is 0 Å². The topological polar surface area (TPSA) is 110 Å². The smallest absolute Gasteiger partial charge is 0.293 e. The van der Waals surface area contributed by atoms with Gasteiger partial charge < -0.3 is 5.32 Å². The first-order valence-electron chi connectivity index (χ1n) is 11.2. The van der Waals surface area contributed by atoms with E-state index in [0.717, 1.165) is 35.6 Å². The predicted octanol–water partition coefficient (Wildman–Crippen LogP) is 4.74. The minimum atomic E-state index is -0.447. The molecule has 2 N–H and O–H groups in total. The van der Waals surface area contributed by atoms with Crippen molar-refractivity contribution in [1.82, 2.24) is 10.2 Å². The summed E-state index contributed by atoms with van der Waals surface area (Å²) in [6.45, 7) is 0. The molecule has 0 spiro atoms. The molecule has 0 radical (unpaired) electrons. The minimum Gasteiger partial charge on any atom is -0.377 e. The second-order valence-corrected chi connectivity index (χ2v) is 10.9. The molecule has 0 atom stereocenters. The number of nitrogens with one attached hydrogen (secondary N) is 2. The number of nitrogens with zero attached hydrogens (tertiary/aromatic N) is 3. The van der Waals surface area contributed by atoms with Gasteiger partial charge in [-0.05, 0) is 81.3 Å². The highest BCUT2D eigenvalue weighted by Gasteiger charge is 2.53. The Balaban J connectivity index is 1.20. The van der Waals surface area contributed by atoms with E-state index in [4.69, 9.17) is 0 Å². The highest BCUT2D eigenvalue weighted by Crippen LogP contribution is 2.61. The first kappa shape index (κ1) is 19.2. The van der Waals surface area contributed by atoms with Gasteiger partial charge in [0.1, 0.15) is 10.7 Å². The number of nitro groups is 1. The Labute approximate surface area is 184 Å². The molecule has 1 heterocycles. The molecule has 5 aliphatic rings. The summed E-state index contributed by atoms with van der Waals surface area (Å²) in [7, 11) is 0. The van der Waals surface area contributed by atoms with E-state index in [1.807, 2.05) is 0 Å². The summed E-state index contributed by atoms with van der Waals surface area (Å²) in [4.78, 5) is 23.8. The second-order valence-electron chi connectivity index (χ2n) is 9.97. The van der Waals surface area contributed by atoms with Crippen molar-refractivity contribution in [3.63, 3.8) is 0 Å². The number of benzene rings is 1. The van der Waals surface area contributed by atoms with E-state index in [1.54, 1.807) is 12.1 Å². The van der Waals surface area contributed by atoms with Gasteiger partial charge in [0.15, 0.2) is 0 Å². The normalized spacial score (nSPS) is 30.9. The molecule has 5 saturated carbocycles. The lowest BCUT2D eigenvalue weighted by molar-refractivity contribution is -0.384. The number of aromatic nitrogens is 2. The highest BCUT2D eigenvalue weighted by molar-refractivity contribution is 7.15. The molecule has 162 valence electrons. The Morgan fingerprint density at radius 1 is 1.10 bits per heavy atom. The third-order valence-electron chi connectivity index (χ3n) is 7.53. The Kier molecular flexibility index (Phi) is 4.31. The van der Waals surface area contributed by atoms with Crippen molar-refractivity contribution in [2.24, 2.45) is 17.8 Å². The van der Waals surface area contributed by atoms with Crippen LogP contribution in [0.15, 0.2) is 18.2 Å². The molecular weight excluding hydrogens is 414 g/mol. The summed E-state index contributed by atoms with van der Waals surface area (Å²) < 4.78 is 0. The van der Waals surface area contributed by atoms with Crippen LogP contribution in [0.3, 0.4) is 0 Å². The van der Waals surface area contributed by atoms with Crippen molar-refractivity contribution in [3.05, 3.63) is 38.9 Å². The number of anilines is 2. The van der Waals surface area contributed by atoms with Crippen molar-refractivity contribution in [1.29, 1.82) is 0 Å². The van der Waals surface area contributed by atoms with Crippen LogP contribution in [-0.2, 0) is 5.41 Å². The number of carbonyl (C=O) groups excluding carboxylic acids is 1. The summed E-state index contributed by atoms with van der Waals surface area (Å²) in [5.41, 5.74) is 0.777. The Morgan fingerprint density at radius 3 is 2.39 bits per heavy atom. The van der Waals surface area contributed by atoms with Crippen LogP contribution in [0.2, 0.25) is 0 Å². The number of nitro benzene ring substituents is 1. The van der Waals surface area contributed by atoms with E-state index in [2.05, 4.69) is 20.8 Å². The fourth-order valence-electron chi connectivity index (χ4n) is 6.42. The van der Waals surface area contributed by atoms with Gasteiger partial charge in [-0.15, -0.1) is 10.2 Å². The van der Waals surface area contributed by atoms with Gasteiger partial charge in [-0.1, -0.05) is 11.3 Å². The average Bonchev–Trinajstić information content (AvgIpc) is 3.41. The van der Waals surface area contributed by atoms with Crippen LogP contribution in [0.4, 0.5) is 16.5 Å². The molecule has 2 aromatic rings. The summed E-state index contributed by atoms with van der Waals surface area (Å²) in [6.07, 6.45) is 9.73. The summed E-state index contributed by atoms with van der Waals surface area (Å²) in [5, 5.41) is 27.7. The Morgan fingerprint density at radius 2 is 1.77 bits per heavy atom. The largest absolute Gasteiger partial charge is 0.377 e. The molecule has 0 aliphatic heterocycles. The van der Waals surface area contributed by atoms with Gasteiger partial charge >= 0.3 is 0 Å². The zero-order chi connectivity index (χ0) is 21.2. The lowest BCUT2D eigenvalue weighted by Gasteiger charge is -2.55. The fraction of sp³-hybridized carbons (Fsp3) is 0.591. The van der Waals surface area contributed by atoms with Crippen LogP contribution >= 0.6 is 11.3 Å². The number of amides is 1. The van der Waals surface area contributed by atoms with Crippen LogP contribution in [0, 0.1) is 27.9 Å². The molecule has 1 aromatic carbocycles. The van der Waals surface area contributed by atoms with E-state index >= 15 is 0 Å². The van der Waals surface area contributed by atoms with E-state index in [9.17, 15) is 14.9 Å². The quantitative estimate of drug-likeness (QED) is 0.497. The third kappa shape index (κ3) is 3.48. The molecule has 8 nitrogen and oxygen atoms in total. The molecule has 0 saturated heterocycles. The maximum Gasteiger partial charge on any atom is 0.293 e. The molecule has 4 bridgehead atoms. The van der Waals surface area contributed by atoms with Crippen LogP contribution < -0.4 is 10.6 Å². The fourth-order valence-corrected chi connectivity index (χ4v) is 7.38. The van der Waals surface area contributed by atoms with Crippen molar-refractivity contribution in [2.45, 2.75) is 62.8 Å². The third-order valence-corrected chi connectivity index (χ3v) is 8.62. The van der Waals surface area contributed by atoms with E-state index in [1.165, 1.54) is 55.9 Å². The first-order chi connectivity index (χ1) is 15.0. The van der Waals surface area contributed by atoms with Gasteiger partial charge in [0.05, 0.1) is 4.92 Å². The number of rotatable bonds is 6. The van der Waals surface area contributed by atoms with E-state index in [-0.39, 0.29) is 16.7 Å². The molecule has 0 unspecified atom stereocenters. The van der Waals surface area contributed by atoms with Crippen LogP contribution in [0.1, 0.15) is 66.7 Å². The van der Waals surface area contributed by atoms with E-state index in [0.29, 0.717) is 16.9 Å². The molecule has 1 amide bonds. The zero-order valence-electron chi connectivity index (χ0n) is 17.2. The second kappa shape index (κ2) is 6.98. The van der Waals surface area contributed by atoms with Gasteiger partial charge in [0.25, 0.3) is 11.6 Å². The van der Waals surface area contributed by atoms with E-state index < -0.39 is 10.8 Å². The standard InChI is InChI=1S/C22H25N5O3S/c28-19(15-1-4-17(23-16-2-3-16)18(8-15)27(29)30)24-21-26-25-20(31-21)22-9-12-5-13(10-22)7-14(6-12)11-22/h1,4,8,12-14,16,23H,2-3,5-7,9-11H2,(H,24,26,28). The predicted molar refractivity (Wildman–Crippen MR) is 117 cm³/mol. The minimum absolute atomic E-state index is 0.0777. The highest BCUT2D eigenvalue weighted by atomic mass is 32.1. The molecule has 31 heavy (non-hydrogen) atoms. The van der Waals surface area contributed by atoms with Crippen LogP contribution in [0.5, 0.6) is 0 Å². The Bertz CT molecular complexity index is 1030. The molecular formula is C22H25N5O3S. The maximum absolute atomic E-state index is 12.8. The first-order valence-corrected chi connectivity index (χ1v) is 12.0. The van der Waals surface area contributed by atoms with Gasteiger partial charge in [-0.2, -0.15) is 0 Å². The molecule has 5 fully saturated rings. The molecule has 7 rings (SSSR count). The maximum atomic E-state index is 12.8.